The van der Waals surface area contributed by atoms with Crippen molar-refractivity contribution in [3.63, 3.8) is 0 Å². The standard InChI is InChI=1S/C19H28N4O2/c1-6-22(13-19(4,5)25)18(24)21-14(2)16-7-9-17(10-8-16)23-12-11-20-15(23)3/h7-12,14,25H,6,13H2,1-5H3,(H,21,24). The fourth-order valence-electron chi connectivity index (χ4n) is 2.73. The van der Waals surface area contributed by atoms with Crippen molar-refractivity contribution in [2.24, 2.45) is 0 Å². The van der Waals surface area contributed by atoms with E-state index in [0.717, 1.165) is 17.1 Å². The molecule has 0 aliphatic carbocycles. The molecule has 1 atom stereocenters. The van der Waals surface area contributed by atoms with E-state index in [1.165, 1.54) is 0 Å². The van der Waals surface area contributed by atoms with Gasteiger partial charge < -0.3 is 19.9 Å². The van der Waals surface area contributed by atoms with E-state index < -0.39 is 5.60 Å². The smallest absolute Gasteiger partial charge is 0.317 e. The number of nitrogens with zero attached hydrogens (tertiary/aromatic N) is 3. The highest BCUT2D eigenvalue weighted by atomic mass is 16.3. The third-order valence-corrected chi connectivity index (χ3v) is 4.08. The van der Waals surface area contributed by atoms with Gasteiger partial charge in [0.2, 0.25) is 0 Å². The molecule has 0 aliphatic heterocycles. The third-order valence-electron chi connectivity index (χ3n) is 4.08. The minimum atomic E-state index is -0.916. The molecule has 2 N–H and O–H groups in total. The number of aryl methyl sites for hydroxylation is 1. The molecule has 1 heterocycles. The van der Waals surface area contributed by atoms with Crippen molar-refractivity contribution in [2.75, 3.05) is 13.1 Å². The van der Waals surface area contributed by atoms with Crippen molar-refractivity contribution in [2.45, 2.75) is 46.3 Å². The number of amides is 2. The summed E-state index contributed by atoms with van der Waals surface area (Å²) in [5.74, 6) is 0.930. The topological polar surface area (TPSA) is 70.4 Å². The fraction of sp³-hybridized carbons (Fsp3) is 0.474. The van der Waals surface area contributed by atoms with E-state index in [1.807, 2.05) is 55.8 Å². The summed E-state index contributed by atoms with van der Waals surface area (Å²) in [7, 11) is 0. The normalized spacial score (nSPS) is 12.7. The zero-order valence-electron chi connectivity index (χ0n) is 15.7. The van der Waals surface area contributed by atoms with Crippen LogP contribution in [0, 0.1) is 6.92 Å². The number of hydrogen-bond donors (Lipinski definition) is 2. The number of nitrogens with one attached hydrogen (secondary N) is 1. The monoisotopic (exact) mass is 344 g/mol. The van der Waals surface area contributed by atoms with Crippen LogP contribution in [0.3, 0.4) is 0 Å². The van der Waals surface area contributed by atoms with Gasteiger partial charge in [-0.2, -0.15) is 0 Å². The van der Waals surface area contributed by atoms with Crippen LogP contribution in [0.5, 0.6) is 0 Å². The molecule has 6 nitrogen and oxygen atoms in total. The van der Waals surface area contributed by atoms with Crippen LogP contribution in [-0.2, 0) is 0 Å². The lowest BCUT2D eigenvalue weighted by atomic mass is 10.1. The largest absolute Gasteiger partial charge is 0.389 e. The highest BCUT2D eigenvalue weighted by Crippen LogP contribution is 2.17. The molecule has 0 saturated heterocycles. The summed E-state index contributed by atoms with van der Waals surface area (Å²) in [5, 5.41) is 12.9. The molecular formula is C19H28N4O2. The first kappa shape index (κ1) is 19.0. The summed E-state index contributed by atoms with van der Waals surface area (Å²) in [5.41, 5.74) is 1.14. The van der Waals surface area contributed by atoms with E-state index in [-0.39, 0.29) is 12.1 Å². The van der Waals surface area contributed by atoms with Crippen LogP contribution in [0.25, 0.3) is 5.69 Å². The van der Waals surface area contributed by atoms with Crippen LogP contribution >= 0.6 is 0 Å². The predicted molar refractivity (Wildman–Crippen MR) is 98.8 cm³/mol. The minimum Gasteiger partial charge on any atom is -0.389 e. The van der Waals surface area contributed by atoms with Crippen molar-refractivity contribution < 1.29 is 9.90 Å². The molecule has 2 rings (SSSR count). The van der Waals surface area contributed by atoms with Crippen LogP contribution in [0.15, 0.2) is 36.7 Å². The van der Waals surface area contributed by atoms with Crippen LogP contribution in [0.4, 0.5) is 4.79 Å². The lowest BCUT2D eigenvalue weighted by Gasteiger charge is -2.29. The second-order valence-electron chi connectivity index (χ2n) is 6.93. The Hall–Kier alpha value is -2.34. The molecule has 1 unspecified atom stereocenters. The lowest BCUT2D eigenvalue weighted by Crippen LogP contribution is -2.47. The Morgan fingerprint density at radius 1 is 1.36 bits per heavy atom. The van der Waals surface area contributed by atoms with Gasteiger partial charge in [0.25, 0.3) is 0 Å². The maximum Gasteiger partial charge on any atom is 0.317 e. The van der Waals surface area contributed by atoms with Gasteiger partial charge in [0.05, 0.1) is 18.2 Å². The van der Waals surface area contributed by atoms with Crippen molar-refractivity contribution >= 4 is 6.03 Å². The molecule has 0 fully saturated rings. The number of aromatic nitrogens is 2. The first-order valence-electron chi connectivity index (χ1n) is 8.59. The summed E-state index contributed by atoms with van der Waals surface area (Å²) >= 11 is 0. The van der Waals surface area contributed by atoms with Crippen molar-refractivity contribution in [1.82, 2.24) is 19.8 Å². The number of aliphatic hydroxyl groups is 1. The number of carbonyl (C=O) groups excluding carboxylic acids is 1. The van der Waals surface area contributed by atoms with Gasteiger partial charge in [0.15, 0.2) is 0 Å². The summed E-state index contributed by atoms with van der Waals surface area (Å²) < 4.78 is 2.01. The molecule has 136 valence electrons. The van der Waals surface area contributed by atoms with Gasteiger partial charge in [0.1, 0.15) is 5.82 Å². The maximum atomic E-state index is 12.4. The Kier molecular flexibility index (Phi) is 5.85. The van der Waals surface area contributed by atoms with E-state index >= 15 is 0 Å². The Balaban J connectivity index is 2.04. The molecule has 0 radical (unpaired) electrons. The van der Waals surface area contributed by atoms with Gasteiger partial charge in [-0.25, -0.2) is 9.78 Å². The van der Waals surface area contributed by atoms with Crippen molar-refractivity contribution in [3.8, 4) is 5.69 Å². The lowest BCUT2D eigenvalue weighted by molar-refractivity contribution is 0.0476. The Morgan fingerprint density at radius 2 is 2.00 bits per heavy atom. The van der Waals surface area contributed by atoms with Crippen LogP contribution in [0.2, 0.25) is 0 Å². The number of likely N-dealkylation sites (N-methyl/N-ethyl adjacent to an activating group) is 1. The molecule has 1 aromatic carbocycles. The molecule has 25 heavy (non-hydrogen) atoms. The van der Waals surface area contributed by atoms with E-state index in [0.29, 0.717) is 13.1 Å². The van der Waals surface area contributed by atoms with Gasteiger partial charge in [-0.1, -0.05) is 12.1 Å². The molecule has 6 heteroatoms. The van der Waals surface area contributed by atoms with Gasteiger partial charge in [-0.3, -0.25) is 0 Å². The number of benzene rings is 1. The average Bonchev–Trinajstić information content (AvgIpc) is 2.97. The molecule has 0 saturated carbocycles. The Morgan fingerprint density at radius 3 is 2.48 bits per heavy atom. The fourth-order valence-corrected chi connectivity index (χ4v) is 2.73. The molecule has 0 spiro atoms. The summed E-state index contributed by atoms with van der Waals surface area (Å²) in [6.45, 7) is 10.0. The number of imidazole rings is 1. The van der Waals surface area contributed by atoms with E-state index in [4.69, 9.17) is 0 Å². The summed E-state index contributed by atoms with van der Waals surface area (Å²) in [6, 6.07) is 7.74. The van der Waals surface area contributed by atoms with E-state index in [9.17, 15) is 9.90 Å². The molecule has 1 aromatic heterocycles. The zero-order chi connectivity index (χ0) is 18.6. The van der Waals surface area contributed by atoms with Crippen LogP contribution in [0.1, 0.15) is 45.1 Å². The molecule has 2 amide bonds. The summed E-state index contributed by atoms with van der Waals surface area (Å²) in [4.78, 5) is 18.3. The van der Waals surface area contributed by atoms with E-state index in [2.05, 4.69) is 10.3 Å². The molecule has 0 aliphatic rings. The Bertz CT molecular complexity index is 701. The first-order valence-corrected chi connectivity index (χ1v) is 8.59. The Labute approximate surface area is 149 Å². The molecule has 0 bridgehead atoms. The minimum absolute atomic E-state index is 0.124. The second-order valence-corrected chi connectivity index (χ2v) is 6.93. The first-order chi connectivity index (χ1) is 11.7. The van der Waals surface area contributed by atoms with Gasteiger partial charge in [0, 0.05) is 24.6 Å². The zero-order valence-corrected chi connectivity index (χ0v) is 15.7. The second kappa shape index (κ2) is 7.70. The number of hydrogen-bond acceptors (Lipinski definition) is 3. The van der Waals surface area contributed by atoms with Crippen molar-refractivity contribution in [1.29, 1.82) is 0 Å². The predicted octanol–water partition coefficient (Wildman–Crippen LogP) is 3.04. The van der Waals surface area contributed by atoms with Crippen LogP contribution < -0.4 is 5.32 Å². The van der Waals surface area contributed by atoms with Gasteiger partial charge in [-0.05, 0) is 52.3 Å². The summed E-state index contributed by atoms with van der Waals surface area (Å²) in [6.07, 6.45) is 3.69. The van der Waals surface area contributed by atoms with E-state index in [1.54, 1.807) is 24.9 Å². The van der Waals surface area contributed by atoms with Gasteiger partial charge >= 0.3 is 6.03 Å². The SMILES string of the molecule is CCN(CC(C)(C)O)C(=O)NC(C)c1ccc(-n2ccnc2C)cc1. The highest BCUT2D eigenvalue weighted by molar-refractivity contribution is 5.74. The van der Waals surface area contributed by atoms with Crippen molar-refractivity contribution in [3.05, 3.63) is 48.0 Å². The molecule has 2 aromatic rings. The quantitative estimate of drug-likeness (QED) is 0.846. The maximum absolute atomic E-state index is 12.4. The molecular weight excluding hydrogens is 316 g/mol. The van der Waals surface area contributed by atoms with Gasteiger partial charge in [-0.15, -0.1) is 0 Å². The number of carbonyl (C=O) groups is 1. The highest BCUT2D eigenvalue weighted by Gasteiger charge is 2.22. The number of urea groups is 1. The van der Waals surface area contributed by atoms with Crippen LogP contribution in [-0.4, -0.2) is 44.3 Å². The average molecular weight is 344 g/mol. The number of rotatable bonds is 6. The third kappa shape index (κ3) is 5.06.